The highest BCUT2D eigenvalue weighted by atomic mass is 19.1. The molecule has 0 aliphatic heterocycles. The van der Waals surface area contributed by atoms with Crippen LogP contribution in [0, 0.1) is 12.9 Å². The zero-order valence-corrected chi connectivity index (χ0v) is 11.8. The molecule has 0 saturated carbocycles. The molecular formula is C13H20FN5. The van der Waals surface area contributed by atoms with Crippen LogP contribution >= 0.6 is 0 Å². The molecule has 0 saturated heterocycles. The minimum absolute atomic E-state index is 0.261. The molecule has 0 unspecified atom stereocenters. The Hall–Kier alpha value is -1.85. The maximum Gasteiger partial charge on any atom is 0.216 e. The molecule has 6 heteroatoms. The van der Waals surface area contributed by atoms with Crippen molar-refractivity contribution in [2.75, 3.05) is 5.32 Å². The van der Waals surface area contributed by atoms with Crippen LogP contribution in [-0.4, -0.2) is 19.6 Å². The van der Waals surface area contributed by atoms with Gasteiger partial charge in [0, 0.05) is 30.8 Å². The van der Waals surface area contributed by atoms with Gasteiger partial charge in [-0.1, -0.05) is 0 Å². The van der Waals surface area contributed by atoms with Crippen LogP contribution in [0.4, 0.5) is 10.2 Å². The molecule has 0 aliphatic rings. The second-order valence-electron chi connectivity index (χ2n) is 4.78. The Morgan fingerprint density at radius 3 is 2.74 bits per heavy atom. The Balaban J connectivity index is 2.15. The van der Waals surface area contributed by atoms with Crippen molar-refractivity contribution in [1.82, 2.24) is 19.6 Å². The third kappa shape index (κ3) is 2.62. The lowest BCUT2D eigenvalue weighted by molar-refractivity contribution is 0.464. The van der Waals surface area contributed by atoms with Gasteiger partial charge in [-0.15, -0.1) is 0 Å². The number of nitrogens with zero attached hydrogens (tertiary/aromatic N) is 4. The van der Waals surface area contributed by atoms with Crippen molar-refractivity contribution in [3.05, 3.63) is 29.5 Å². The molecule has 104 valence electrons. The summed E-state index contributed by atoms with van der Waals surface area (Å²) in [5.74, 6) is 0.626. The summed E-state index contributed by atoms with van der Waals surface area (Å²) in [5, 5.41) is 11.6. The molecule has 0 radical (unpaired) electrons. The second-order valence-corrected chi connectivity index (χ2v) is 4.78. The van der Waals surface area contributed by atoms with Gasteiger partial charge in [-0.3, -0.25) is 0 Å². The Morgan fingerprint density at radius 2 is 2.16 bits per heavy atom. The minimum Gasteiger partial charge on any atom is -0.366 e. The number of hydrogen-bond acceptors (Lipinski definition) is 3. The van der Waals surface area contributed by atoms with E-state index in [0.29, 0.717) is 18.7 Å². The Kier molecular flexibility index (Phi) is 3.87. The summed E-state index contributed by atoms with van der Waals surface area (Å²) in [6, 6.07) is 2.15. The SMILES string of the molecule is CCn1nc(C)c(CNc2ccnn2C(C)C)c1F. The molecule has 0 fully saturated rings. The summed E-state index contributed by atoms with van der Waals surface area (Å²) in [4.78, 5) is 0. The van der Waals surface area contributed by atoms with E-state index < -0.39 is 0 Å². The van der Waals surface area contributed by atoms with Gasteiger partial charge in [0.25, 0.3) is 0 Å². The highest BCUT2D eigenvalue weighted by Crippen LogP contribution is 2.17. The Bertz CT molecular complexity index is 555. The first kappa shape index (κ1) is 13.6. The Labute approximate surface area is 112 Å². The van der Waals surface area contributed by atoms with Crippen molar-refractivity contribution in [1.29, 1.82) is 0 Å². The summed E-state index contributed by atoms with van der Waals surface area (Å²) in [6.45, 7) is 8.76. The maximum atomic E-state index is 14.0. The molecule has 2 aromatic heterocycles. The smallest absolute Gasteiger partial charge is 0.216 e. The van der Waals surface area contributed by atoms with Crippen LogP contribution < -0.4 is 5.32 Å². The molecule has 2 rings (SSSR count). The number of anilines is 1. The molecular weight excluding hydrogens is 245 g/mol. The van der Waals surface area contributed by atoms with Crippen molar-refractivity contribution in [2.24, 2.45) is 0 Å². The molecule has 0 atom stereocenters. The van der Waals surface area contributed by atoms with E-state index in [1.807, 2.05) is 24.6 Å². The number of nitrogens with one attached hydrogen (secondary N) is 1. The van der Waals surface area contributed by atoms with E-state index in [2.05, 4.69) is 29.4 Å². The first-order chi connectivity index (χ1) is 9.04. The number of halogens is 1. The molecule has 0 aliphatic carbocycles. The van der Waals surface area contributed by atoms with Crippen LogP contribution in [0.15, 0.2) is 12.3 Å². The van der Waals surface area contributed by atoms with Gasteiger partial charge >= 0.3 is 0 Å². The molecule has 5 nitrogen and oxygen atoms in total. The lowest BCUT2D eigenvalue weighted by Gasteiger charge is -2.12. The first-order valence-electron chi connectivity index (χ1n) is 6.53. The number of aromatic nitrogens is 4. The van der Waals surface area contributed by atoms with E-state index in [9.17, 15) is 4.39 Å². The van der Waals surface area contributed by atoms with E-state index in [4.69, 9.17) is 0 Å². The van der Waals surface area contributed by atoms with Gasteiger partial charge in [-0.2, -0.15) is 14.6 Å². The molecule has 0 bridgehead atoms. The largest absolute Gasteiger partial charge is 0.366 e. The highest BCUT2D eigenvalue weighted by Gasteiger charge is 2.14. The number of aryl methyl sites for hydroxylation is 2. The normalized spacial score (nSPS) is 11.3. The fourth-order valence-electron chi connectivity index (χ4n) is 2.05. The lowest BCUT2D eigenvalue weighted by Crippen LogP contribution is -2.11. The molecule has 2 aromatic rings. The van der Waals surface area contributed by atoms with E-state index in [1.165, 1.54) is 4.68 Å². The zero-order valence-electron chi connectivity index (χ0n) is 11.8. The van der Waals surface area contributed by atoms with Crippen molar-refractivity contribution in [2.45, 2.75) is 46.8 Å². The summed E-state index contributed by atoms with van der Waals surface area (Å²) < 4.78 is 17.3. The van der Waals surface area contributed by atoms with Gasteiger partial charge in [0.05, 0.1) is 11.9 Å². The summed E-state index contributed by atoms with van der Waals surface area (Å²) in [5.41, 5.74) is 1.33. The molecule has 0 aromatic carbocycles. The molecule has 2 heterocycles. The van der Waals surface area contributed by atoms with Crippen LogP contribution in [0.5, 0.6) is 0 Å². The average Bonchev–Trinajstić information content (AvgIpc) is 2.93. The fraction of sp³-hybridized carbons (Fsp3) is 0.538. The second kappa shape index (κ2) is 5.42. The standard InChI is InChI=1S/C13H20FN5/c1-5-18-13(14)11(10(4)17-18)8-15-12-6-7-16-19(12)9(2)3/h6-7,9,15H,5,8H2,1-4H3. The van der Waals surface area contributed by atoms with Crippen LogP contribution in [0.25, 0.3) is 0 Å². The quantitative estimate of drug-likeness (QED) is 0.904. The molecule has 19 heavy (non-hydrogen) atoms. The van der Waals surface area contributed by atoms with Gasteiger partial charge in [0.1, 0.15) is 5.82 Å². The summed E-state index contributed by atoms with van der Waals surface area (Å²) >= 11 is 0. The van der Waals surface area contributed by atoms with Crippen molar-refractivity contribution >= 4 is 5.82 Å². The van der Waals surface area contributed by atoms with Crippen LogP contribution in [0.1, 0.15) is 38.1 Å². The molecule has 1 N–H and O–H groups in total. The number of hydrogen-bond donors (Lipinski definition) is 1. The lowest BCUT2D eigenvalue weighted by atomic mass is 10.2. The maximum absolute atomic E-state index is 14.0. The van der Waals surface area contributed by atoms with Crippen LogP contribution in [-0.2, 0) is 13.1 Å². The summed E-state index contributed by atoms with van der Waals surface area (Å²) in [7, 11) is 0. The zero-order chi connectivity index (χ0) is 14.0. The number of rotatable bonds is 5. The van der Waals surface area contributed by atoms with Crippen molar-refractivity contribution in [3.8, 4) is 0 Å². The van der Waals surface area contributed by atoms with Crippen molar-refractivity contribution in [3.63, 3.8) is 0 Å². The van der Waals surface area contributed by atoms with Gasteiger partial charge in [-0.05, 0) is 27.7 Å². The topological polar surface area (TPSA) is 47.7 Å². The van der Waals surface area contributed by atoms with Gasteiger partial charge in [0.2, 0.25) is 5.95 Å². The van der Waals surface area contributed by atoms with E-state index in [1.54, 1.807) is 6.20 Å². The average molecular weight is 265 g/mol. The fourth-order valence-corrected chi connectivity index (χ4v) is 2.05. The minimum atomic E-state index is -0.261. The molecule has 0 spiro atoms. The van der Waals surface area contributed by atoms with E-state index in [-0.39, 0.29) is 12.0 Å². The third-order valence-corrected chi connectivity index (χ3v) is 3.09. The Morgan fingerprint density at radius 1 is 1.42 bits per heavy atom. The van der Waals surface area contributed by atoms with E-state index >= 15 is 0 Å². The first-order valence-corrected chi connectivity index (χ1v) is 6.53. The van der Waals surface area contributed by atoms with Gasteiger partial charge in [0.15, 0.2) is 0 Å². The summed E-state index contributed by atoms with van der Waals surface area (Å²) in [6.07, 6.45) is 1.74. The third-order valence-electron chi connectivity index (χ3n) is 3.09. The monoisotopic (exact) mass is 265 g/mol. The van der Waals surface area contributed by atoms with Gasteiger partial charge < -0.3 is 5.32 Å². The van der Waals surface area contributed by atoms with Crippen LogP contribution in [0.3, 0.4) is 0 Å². The van der Waals surface area contributed by atoms with E-state index in [0.717, 1.165) is 11.5 Å². The van der Waals surface area contributed by atoms with Crippen molar-refractivity contribution < 1.29 is 4.39 Å². The molecule has 0 amide bonds. The predicted octanol–water partition coefficient (Wildman–Crippen LogP) is 2.74. The highest BCUT2D eigenvalue weighted by molar-refractivity contribution is 5.36. The van der Waals surface area contributed by atoms with Crippen LogP contribution in [0.2, 0.25) is 0 Å². The predicted molar refractivity (Wildman–Crippen MR) is 72.5 cm³/mol. The van der Waals surface area contributed by atoms with Gasteiger partial charge in [-0.25, -0.2) is 9.36 Å².